The van der Waals surface area contributed by atoms with Gasteiger partial charge in [0.2, 0.25) is 0 Å². The molecule has 0 spiro atoms. The minimum Gasteiger partial charge on any atom is -0.303 e. The normalized spacial score (nSPS) is 9.83. The summed E-state index contributed by atoms with van der Waals surface area (Å²) in [6.45, 7) is 0. The van der Waals surface area contributed by atoms with Gasteiger partial charge in [-0.15, -0.1) is 0 Å². The summed E-state index contributed by atoms with van der Waals surface area (Å²) in [5, 5.41) is 0. The van der Waals surface area contributed by atoms with Gasteiger partial charge in [0.15, 0.2) is 0 Å². The number of hydrogen-bond donors (Lipinski definition) is 3. The van der Waals surface area contributed by atoms with Gasteiger partial charge in [-0.3, -0.25) is 0 Å². The number of hydrogen-bond acceptors (Lipinski definition) is 1. The SMILES string of the molecule is O=P(O)(O)O.[Na+]. The van der Waals surface area contributed by atoms with E-state index in [9.17, 15) is 0 Å². The van der Waals surface area contributed by atoms with Crippen molar-refractivity contribution >= 4 is 7.82 Å². The van der Waals surface area contributed by atoms with Crippen LogP contribution >= 0.6 is 7.82 Å². The molecule has 0 heterocycles. The summed E-state index contributed by atoms with van der Waals surface area (Å²) < 4.78 is 8.88. The first-order valence-corrected chi connectivity index (χ1v) is 2.35. The van der Waals surface area contributed by atoms with E-state index in [-0.39, 0.29) is 29.6 Å². The Hall–Kier alpha value is 1.11. The van der Waals surface area contributed by atoms with Crippen LogP contribution in [0.1, 0.15) is 0 Å². The molecule has 6 heavy (non-hydrogen) atoms. The molecular weight excluding hydrogens is 118 g/mol. The summed E-state index contributed by atoms with van der Waals surface area (Å²) in [4.78, 5) is 21.6. The molecule has 0 aliphatic carbocycles. The summed E-state index contributed by atoms with van der Waals surface area (Å²) >= 11 is 0. The van der Waals surface area contributed by atoms with Gasteiger partial charge in [-0.2, -0.15) is 0 Å². The fourth-order valence-corrected chi connectivity index (χ4v) is 0. The maximum atomic E-state index is 8.88. The summed E-state index contributed by atoms with van der Waals surface area (Å²) in [7, 11) is -4.64. The van der Waals surface area contributed by atoms with Crippen molar-refractivity contribution in [3.8, 4) is 0 Å². The minimum absolute atomic E-state index is 0. The molecule has 0 saturated carbocycles. The van der Waals surface area contributed by atoms with Crippen molar-refractivity contribution in [3.63, 3.8) is 0 Å². The molecule has 3 N–H and O–H groups in total. The molecule has 4 nitrogen and oxygen atoms in total. The van der Waals surface area contributed by atoms with E-state index >= 15 is 0 Å². The monoisotopic (exact) mass is 121 g/mol. The van der Waals surface area contributed by atoms with Gasteiger partial charge in [-0.1, -0.05) is 0 Å². The maximum Gasteiger partial charge on any atom is 1.00 e. The van der Waals surface area contributed by atoms with Crippen LogP contribution in [0.3, 0.4) is 0 Å². The maximum absolute atomic E-state index is 8.88. The van der Waals surface area contributed by atoms with Crippen LogP contribution in [-0.4, -0.2) is 14.7 Å². The average molecular weight is 121 g/mol. The molecule has 0 aromatic carbocycles. The van der Waals surface area contributed by atoms with Gasteiger partial charge in [0.1, 0.15) is 0 Å². The Kier molecular flexibility index (Phi) is 5.35. The predicted octanol–water partition coefficient (Wildman–Crippen LogP) is -3.92. The van der Waals surface area contributed by atoms with Gasteiger partial charge in [-0.25, -0.2) is 4.57 Å². The van der Waals surface area contributed by atoms with Crippen molar-refractivity contribution < 1.29 is 48.8 Å². The molecule has 0 bridgehead atoms. The van der Waals surface area contributed by atoms with Crippen molar-refractivity contribution in [2.75, 3.05) is 0 Å². The molecule has 0 amide bonds. The van der Waals surface area contributed by atoms with Crippen LogP contribution in [0.5, 0.6) is 0 Å². The molecule has 0 radical (unpaired) electrons. The van der Waals surface area contributed by atoms with Gasteiger partial charge in [-0.05, 0) is 0 Å². The van der Waals surface area contributed by atoms with Gasteiger partial charge < -0.3 is 14.7 Å². The Balaban J connectivity index is 0. The topological polar surface area (TPSA) is 77.8 Å². The zero-order valence-corrected chi connectivity index (χ0v) is 6.09. The second-order valence-corrected chi connectivity index (χ2v) is 1.54. The predicted molar refractivity (Wildman–Crippen MR) is 14.3 cm³/mol. The average Bonchev–Trinajstić information content (AvgIpc) is 0.722. The Morgan fingerprint density at radius 2 is 1.17 bits per heavy atom. The molecule has 0 unspecified atom stereocenters. The van der Waals surface area contributed by atoms with Crippen molar-refractivity contribution in [1.29, 1.82) is 0 Å². The Morgan fingerprint density at radius 3 is 1.17 bits per heavy atom. The summed E-state index contributed by atoms with van der Waals surface area (Å²) in [6, 6.07) is 0. The van der Waals surface area contributed by atoms with Gasteiger partial charge in [0, 0.05) is 0 Å². The van der Waals surface area contributed by atoms with E-state index < -0.39 is 7.82 Å². The smallest absolute Gasteiger partial charge is 0.303 e. The molecule has 0 aromatic rings. The van der Waals surface area contributed by atoms with E-state index in [1.165, 1.54) is 0 Å². The third-order valence-corrected chi connectivity index (χ3v) is 0. The molecule has 0 fully saturated rings. The van der Waals surface area contributed by atoms with Gasteiger partial charge in [0.25, 0.3) is 0 Å². The zero-order chi connectivity index (χ0) is 4.50. The van der Waals surface area contributed by atoms with Crippen molar-refractivity contribution in [2.24, 2.45) is 0 Å². The summed E-state index contributed by atoms with van der Waals surface area (Å²) in [5.74, 6) is 0. The first kappa shape index (κ1) is 10.2. The standard InChI is InChI=1S/Na.H3O4P/c;1-5(2,3)4/h;(H3,1,2,3,4)/q+1;. The fraction of sp³-hybridized carbons (Fsp3) is 0. The molecule has 0 aromatic heterocycles. The second-order valence-electron chi connectivity index (χ2n) is 0.513. The van der Waals surface area contributed by atoms with E-state index in [0.717, 1.165) is 0 Å². The van der Waals surface area contributed by atoms with Gasteiger partial charge in [0.05, 0.1) is 0 Å². The van der Waals surface area contributed by atoms with E-state index in [2.05, 4.69) is 0 Å². The Bertz CT molecular complexity index is 53.7. The minimum atomic E-state index is -4.64. The van der Waals surface area contributed by atoms with E-state index in [1.54, 1.807) is 0 Å². The third-order valence-electron chi connectivity index (χ3n) is 0. The number of phosphoric acid groups is 1. The van der Waals surface area contributed by atoms with Crippen molar-refractivity contribution in [1.82, 2.24) is 0 Å². The van der Waals surface area contributed by atoms with Crippen molar-refractivity contribution in [2.45, 2.75) is 0 Å². The van der Waals surface area contributed by atoms with Crippen LogP contribution < -0.4 is 29.6 Å². The van der Waals surface area contributed by atoms with Gasteiger partial charge >= 0.3 is 37.4 Å². The second kappa shape index (κ2) is 3.16. The first-order valence-electron chi connectivity index (χ1n) is 0.783. The van der Waals surface area contributed by atoms with Crippen LogP contribution in [-0.2, 0) is 4.57 Å². The quantitative estimate of drug-likeness (QED) is 0.226. The molecule has 0 aliphatic heterocycles. The van der Waals surface area contributed by atoms with Crippen LogP contribution in [0.2, 0.25) is 0 Å². The molecule has 0 saturated heterocycles. The van der Waals surface area contributed by atoms with E-state index in [1.807, 2.05) is 0 Å². The zero-order valence-electron chi connectivity index (χ0n) is 3.20. The summed E-state index contributed by atoms with van der Waals surface area (Å²) in [6.07, 6.45) is 0. The fourth-order valence-electron chi connectivity index (χ4n) is 0. The third kappa shape index (κ3) is 70.1. The molecule has 6 heteroatoms. The summed E-state index contributed by atoms with van der Waals surface area (Å²) in [5.41, 5.74) is 0. The van der Waals surface area contributed by atoms with Crippen LogP contribution in [0.25, 0.3) is 0 Å². The molecular formula is H3NaO4P+. The van der Waals surface area contributed by atoms with Crippen LogP contribution in [0.15, 0.2) is 0 Å². The Morgan fingerprint density at radius 1 is 1.17 bits per heavy atom. The number of rotatable bonds is 0. The molecule has 0 aliphatic rings. The largest absolute Gasteiger partial charge is 1.00 e. The van der Waals surface area contributed by atoms with E-state index in [4.69, 9.17) is 19.2 Å². The molecule has 32 valence electrons. The molecule has 0 rings (SSSR count). The van der Waals surface area contributed by atoms with Crippen LogP contribution in [0.4, 0.5) is 0 Å². The first-order chi connectivity index (χ1) is 2.00. The Labute approximate surface area is 56.7 Å². The van der Waals surface area contributed by atoms with E-state index in [0.29, 0.717) is 0 Å². The molecule has 0 atom stereocenters. The van der Waals surface area contributed by atoms with Crippen LogP contribution in [0, 0.1) is 0 Å². The van der Waals surface area contributed by atoms with Crippen molar-refractivity contribution in [3.05, 3.63) is 0 Å².